The van der Waals surface area contributed by atoms with Gasteiger partial charge in [-0.25, -0.2) is 9.98 Å². The lowest BCUT2D eigenvalue weighted by molar-refractivity contribution is 0.232. The van der Waals surface area contributed by atoms with E-state index < -0.39 is 0 Å². The summed E-state index contributed by atoms with van der Waals surface area (Å²) in [6.45, 7) is 3.94. The Morgan fingerprint density at radius 1 is 1.27 bits per heavy atom. The first-order valence-corrected chi connectivity index (χ1v) is 7.03. The van der Waals surface area contributed by atoms with Crippen LogP contribution in [0.4, 0.5) is 5.69 Å². The van der Waals surface area contributed by atoms with Crippen molar-refractivity contribution in [2.75, 3.05) is 0 Å². The van der Waals surface area contributed by atoms with Crippen LogP contribution in [0.25, 0.3) is 22.2 Å². The van der Waals surface area contributed by atoms with Gasteiger partial charge in [0.25, 0.3) is 0 Å². The molecule has 3 aromatic rings. The maximum Gasteiger partial charge on any atom is 0.213 e. The van der Waals surface area contributed by atoms with Gasteiger partial charge in [0.2, 0.25) is 5.88 Å². The predicted octanol–water partition coefficient (Wildman–Crippen LogP) is 3.03. The summed E-state index contributed by atoms with van der Waals surface area (Å²) < 4.78 is 5.55. The highest BCUT2D eigenvalue weighted by molar-refractivity contribution is 5.94. The number of rotatable bonds is 4. The Morgan fingerprint density at radius 3 is 2.82 bits per heavy atom. The van der Waals surface area contributed by atoms with Crippen molar-refractivity contribution in [3.05, 3.63) is 36.5 Å². The van der Waals surface area contributed by atoms with Gasteiger partial charge in [0.05, 0.1) is 23.6 Å². The van der Waals surface area contributed by atoms with Crippen LogP contribution in [0.2, 0.25) is 0 Å². The Morgan fingerprint density at radius 2 is 2.14 bits per heavy atom. The normalized spacial score (nSPS) is 11.6. The summed E-state index contributed by atoms with van der Waals surface area (Å²) in [5.41, 5.74) is 8.81. The molecule has 0 saturated carbocycles. The number of pyridine rings is 1. The number of nitrogens with zero attached hydrogens (tertiary/aromatic N) is 3. The molecule has 0 fully saturated rings. The van der Waals surface area contributed by atoms with Crippen LogP contribution in [0.5, 0.6) is 5.88 Å². The van der Waals surface area contributed by atoms with Gasteiger partial charge in [-0.15, -0.1) is 0 Å². The summed E-state index contributed by atoms with van der Waals surface area (Å²) in [4.78, 5) is 8.41. The molecular formula is C16H17N5O. The third-order valence-electron chi connectivity index (χ3n) is 3.14. The highest BCUT2D eigenvalue weighted by Gasteiger charge is 2.10. The van der Waals surface area contributed by atoms with E-state index in [4.69, 9.17) is 10.5 Å². The zero-order chi connectivity index (χ0) is 15.5. The molecule has 0 aliphatic rings. The molecule has 22 heavy (non-hydrogen) atoms. The van der Waals surface area contributed by atoms with Gasteiger partial charge in [-0.05, 0) is 38.1 Å². The lowest BCUT2D eigenvalue weighted by Gasteiger charge is -2.08. The largest absolute Gasteiger partial charge is 0.475 e. The van der Waals surface area contributed by atoms with Crippen LogP contribution >= 0.6 is 0 Å². The van der Waals surface area contributed by atoms with E-state index in [2.05, 4.69) is 20.2 Å². The first kappa shape index (κ1) is 14.1. The molecule has 0 saturated heterocycles. The van der Waals surface area contributed by atoms with Crippen molar-refractivity contribution < 1.29 is 4.74 Å². The van der Waals surface area contributed by atoms with Gasteiger partial charge in [-0.2, -0.15) is 5.10 Å². The van der Waals surface area contributed by atoms with Crippen molar-refractivity contribution >= 4 is 22.9 Å². The highest BCUT2D eigenvalue weighted by atomic mass is 16.5. The van der Waals surface area contributed by atoms with Gasteiger partial charge >= 0.3 is 0 Å². The minimum Gasteiger partial charge on any atom is -0.475 e. The number of hydrogen-bond donors (Lipinski definition) is 2. The summed E-state index contributed by atoms with van der Waals surface area (Å²) in [6, 6.07) is 9.54. The molecule has 112 valence electrons. The zero-order valence-corrected chi connectivity index (χ0v) is 12.4. The average Bonchev–Trinajstić information content (AvgIpc) is 2.91. The molecule has 2 aromatic heterocycles. The molecule has 3 rings (SSSR count). The number of nitrogens with two attached hydrogens (primary N) is 1. The highest BCUT2D eigenvalue weighted by Crippen LogP contribution is 2.29. The molecule has 0 spiro atoms. The molecule has 0 bridgehead atoms. The number of fused-ring (bicyclic) bond motifs is 1. The van der Waals surface area contributed by atoms with Crippen LogP contribution in [0, 0.1) is 0 Å². The fraction of sp³-hybridized carbons (Fsp3) is 0.188. The molecule has 2 heterocycles. The Labute approximate surface area is 128 Å². The zero-order valence-electron chi connectivity index (χ0n) is 12.4. The van der Waals surface area contributed by atoms with Crippen LogP contribution in [0.1, 0.15) is 13.8 Å². The smallest absolute Gasteiger partial charge is 0.213 e. The molecule has 3 N–H and O–H groups in total. The Kier molecular flexibility index (Phi) is 3.74. The van der Waals surface area contributed by atoms with Crippen LogP contribution < -0.4 is 10.5 Å². The lowest BCUT2D eigenvalue weighted by Crippen LogP contribution is -2.06. The number of aliphatic imine (C=N–C) groups is 1. The monoisotopic (exact) mass is 295 g/mol. The first-order chi connectivity index (χ1) is 10.7. The van der Waals surface area contributed by atoms with Crippen molar-refractivity contribution in [2.45, 2.75) is 20.0 Å². The minimum absolute atomic E-state index is 0.0984. The van der Waals surface area contributed by atoms with Gasteiger partial charge in [0.15, 0.2) is 0 Å². The van der Waals surface area contributed by atoms with E-state index in [0.29, 0.717) is 5.88 Å². The number of benzene rings is 1. The van der Waals surface area contributed by atoms with E-state index in [1.807, 2.05) is 44.2 Å². The van der Waals surface area contributed by atoms with Crippen molar-refractivity contribution in [3.8, 4) is 17.1 Å². The maximum absolute atomic E-state index is 5.55. The summed E-state index contributed by atoms with van der Waals surface area (Å²) in [7, 11) is 0. The third kappa shape index (κ3) is 2.76. The molecule has 6 heteroatoms. The van der Waals surface area contributed by atoms with Gasteiger partial charge < -0.3 is 10.5 Å². The SMILES string of the molecule is CC(C)Oc1ccc(-c2n[nH]c3ccc(N=CN)cc23)cn1. The number of H-pyrrole nitrogens is 1. The third-order valence-corrected chi connectivity index (χ3v) is 3.14. The topological polar surface area (TPSA) is 89.2 Å². The number of ether oxygens (including phenoxy) is 1. The quantitative estimate of drug-likeness (QED) is 0.572. The van der Waals surface area contributed by atoms with E-state index in [9.17, 15) is 0 Å². The molecule has 6 nitrogen and oxygen atoms in total. The lowest BCUT2D eigenvalue weighted by atomic mass is 10.1. The molecule has 0 atom stereocenters. The molecule has 0 amide bonds. The maximum atomic E-state index is 5.55. The average molecular weight is 295 g/mol. The van der Waals surface area contributed by atoms with Crippen LogP contribution in [-0.2, 0) is 0 Å². The van der Waals surface area contributed by atoms with Crippen molar-refractivity contribution in [1.82, 2.24) is 15.2 Å². The first-order valence-electron chi connectivity index (χ1n) is 7.03. The standard InChI is InChI=1S/C16H17N5O/c1-10(2)22-15-6-3-11(8-18-15)16-13-7-12(19-9-17)4-5-14(13)20-21-16/h3-10H,1-2H3,(H2,17,19)(H,20,21). The Balaban J connectivity index is 2.00. The number of aromatic nitrogens is 3. The second-order valence-electron chi connectivity index (χ2n) is 5.13. The molecule has 0 unspecified atom stereocenters. The van der Waals surface area contributed by atoms with E-state index in [0.717, 1.165) is 27.8 Å². The van der Waals surface area contributed by atoms with Crippen molar-refractivity contribution in [1.29, 1.82) is 0 Å². The van der Waals surface area contributed by atoms with E-state index >= 15 is 0 Å². The van der Waals surface area contributed by atoms with Crippen molar-refractivity contribution in [3.63, 3.8) is 0 Å². The van der Waals surface area contributed by atoms with Gasteiger partial charge in [-0.1, -0.05) is 0 Å². The minimum atomic E-state index is 0.0984. The van der Waals surface area contributed by atoms with E-state index in [1.165, 1.54) is 6.34 Å². The second kappa shape index (κ2) is 5.85. The summed E-state index contributed by atoms with van der Waals surface area (Å²) in [6.07, 6.45) is 3.13. The number of nitrogens with one attached hydrogen (secondary N) is 1. The molecule has 0 aliphatic carbocycles. The second-order valence-corrected chi connectivity index (χ2v) is 5.13. The fourth-order valence-corrected chi connectivity index (χ4v) is 2.22. The summed E-state index contributed by atoms with van der Waals surface area (Å²) in [5, 5.41) is 8.35. The van der Waals surface area contributed by atoms with Crippen molar-refractivity contribution in [2.24, 2.45) is 10.7 Å². The van der Waals surface area contributed by atoms with E-state index in [1.54, 1.807) is 6.20 Å². The van der Waals surface area contributed by atoms with Crippen LogP contribution in [0.3, 0.4) is 0 Å². The Hall–Kier alpha value is -2.89. The molecule has 0 radical (unpaired) electrons. The molecule has 1 aromatic carbocycles. The predicted molar refractivity (Wildman–Crippen MR) is 87.4 cm³/mol. The van der Waals surface area contributed by atoms with Gasteiger partial charge in [0.1, 0.15) is 5.69 Å². The van der Waals surface area contributed by atoms with Crippen LogP contribution in [0.15, 0.2) is 41.5 Å². The van der Waals surface area contributed by atoms with E-state index in [-0.39, 0.29) is 6.10 Å². The molecular weight excluding hydrogens is 278 g/mol. The number of hydrogen-bond acceptors (Lipinski definition) is 4. The van der Waals surface area contributed by atoms with Crippen LogP contribution in [-0.4, -0.2) is 27.6 Å². The Bertz CT molecular complexity index is 805. The fourth-order valence-electron chi connectivity index (χ4n) is 2.22. The van der Waals surface area contributed by atoms with Gasteiger partial charge in [-0.3, -0.25) is 5.10 Å². The molecule has 0 aliphatic heterocycles. The van der Waals surface area contributed by atoms with Gasteiger partial charge in [0, 0.05) is 23.2 Å². The summed E-state index contributed by atoms with van der Waals surface area (Å²) >= 11 is 0. The summed E-state index contributed by atoms with van der Waals surface area (Å²) in [5.74, 6) is 0.604. The number of aromatic amines is 1.